The lowest BCUT2D eigenvalue weighted by Crippen LogP contribution is -2.12. The molecule has 0 aliphatic heterocycles. The van der Waals surface area contributed by atoms with Gasteiger partial charge in [-0.25, -0.2) is 0 Å². The van der Waals surface area contributed by atoms with E-state index < -0.39 is 0 Å². The van der Waals surface area contributed by atoms with Gasteiger partial charge in [0.2, 0.25) is 0 Å². The van der Waals surface area contributed by atoms with E-state index in [-0.39, 0.29) is 11.7 Å². The number of benzene rings is 2. The van der Waals surface area contributed by atoms with Gasteiger partial charge < -0.3 is 4.74 Å². The molecule has 0 aliphatic carbocycles. The second kappa shape index (κ2) is 6.19. The first-order valence-corrected chi connectivity index (χ1v) is 6.49. The Morgan fingerprint density at radius 2 is 1.68 bits per heavy atom. The summed E-state index contributed by atoms with van der Waals surface area (Å²) < 4.78 is 5.11. The standard InChI is InChI=1S/C17H18O2/c1-3-16(13-7-5-4-6-8-13)17(18)14-9-11-15(19-2)12-10-14/h4-12,16H,3H2,1-2H3/t16-/m0/s1. The normalized spacial score (nSPS) is 11.9. The largest absolute Gasteiger partial charge is 0.497 e. The third-order valence-electron chi connectivity index (χ3n) is 3.30. The van der Waals surface area contributed by atoms with Gasteiger partial charge >= 0.3 is 0 Å². The average Bonchev–Trinajstić information content (AvgIpc) is 2.49. The fraction of sp³-hybridized carbons (Fsp3) is 0.235. The molecule has 0 amide bonds. The van der Waals surface area contributed by atoms with Crippen LogP contribution in [0.15, 0.2) is 54.6 Å². The van der Waals surface area contributed by atoms with Crippen LogP contribution in [0.5, 0.6) is 5.75 Å². The Morgan fingerprint density at radius 3 is 2.21 bits per heavy atom. The molecule has 2 nitrogen and oxygen atoms in total. The lowest BCUT2D eigenvalue weighted by Gasteiger charge is -2.14. The predicted molar refractivity (Wildman–Crippen MR) is 76.8 cm³/mol. The molecule has 19 heavy (non-hydrogen) atoms. The molecule has 2 aromatic rings. The van der Waals surface area contributed by atoms with Gasteiger partial charge in [-0.15, -0.1) is 0 Å². The number of hydrogen-bond donors (Lipinski definition) is 0. The molecule has 0 N–H and O–H groups in total. The van der Waals surface area contributed by atoms with Crippen LogP contribution in [-0.4, -0.2) is 12.9 Å². The van der Waals surface area contributed by atoms with Crippen molar-refractivity contribution in [1.82, 2.24) is 0 Å². The highest BCUT2D eigenvalue weighted by atomic mass is 16.5. The van der Waals surface area contributed by atoms with Crippen LogP contribution in [0, 0.1) is 0 Å². The monoisotopic (exact) mass is 254 g/mol. The number of methoxy groups -OCH3 is 1. The van der Waals surface area contributed by atoms with Gasteiger partial charge in [0.05, 0.1) is 7.11 Å². The van der Waals surface area contributed by atoms with Crippen molar-refractivity contribution in [3.05, 3.63) is 65.7 Å². The Morgan fingerprint density at radius 1 is 1.05 bits per heavy atom. The molecule has 2 rings (SSSR count). The predicted octanol–water partition coefficient (Wildman–Crippen LogP) is 4.07. The van der Waals surface area contributed by atoms with Crippen LogP contribution in [-0.2, 0) is 0 Å². The number of rotatable bonds is 5. The van der Waals surface area contributed by atoms with E-state index in [0.29, 0.717) is 0 Å². The molecule has 0 saturated heterocycles. The minimum Gasteiger partial charge on any atom is -0.497 e. The lowest BCUT2D eigenvalue weighted by atomic mass is 9.89. The molecule has 0 bridgehead atoms. The molecule has 2 aromatic carbocycles. The first-order chi connectivity index (χ1) is 9.26. The Balaban J connectivity index is 2.25. The van der Waals surface area contributed by atoms with Crippen LogP contribution in [0.1, 0.15) is 35.2 Å². The van der Waals surface area contributed by atoms with Crippen molar-refractivity contribution in [3.63, 3.8) is 0 Å². The molecule has 0 unspecified atom stereocenters. The van der Waals surface area contributed by atoms with E-state index in [4.69, 9.17) is 4.74 Å². The summed E-state index contributed by atoms with van der Waals surface area (Å²) in [5.41, 5.74) is 1.81. The maximum absolute atomic E-state index is 12.5. The molecule has 0 fully saturated rings. The summed E-state index contributed by atoms with van der Waals surface area (Å²) in [5, 5.41) is 0. The van der Waals surface area contributed by atoms with Crippen LogP contribution < -0.4 is 4.74 Å². The highest BCUT2D eigenvalue weighted by Gasteiger charge is 2.19. The Bertz CT molecular complexity index is 529. The molecule has 0 radical (unpaired) electrons. The first kappa shape index (κ1) is 13.3. The lowest BCUT2D eigenvalue weighted by molar-refractivity contribution is 0.0957. The number of ether oxygens (including phenoxy) is 1. The summed E-state index contributed by atoms with van der Waals surface area (Å²) in [6, 6.07) is 17.2. The van der Waals surface area contributed by atoms with Crippen LogP contribution in [0.2, 0.25) is 0 Å². The van der Waals surface area contributed by atoms with Crippen molar-refractivity contribution in [1.29, 1.82) is 0 Å². The van der Waals surface area contributed by atoms with Crippen LogP contribution in [0.25, 0.3) is 0 Å². The fourth-order valence-electron chi connectivity index (χ4n) is 2.21. The molecule has 0 saturated carbocycles. The second-order valence-electron chi connectivity index (χ2n) is 4.46. The quantitative estimate of drug-likeness (QED) is 0.752. The Labute approximate surface area is 114 Å². The van der Waals surface area contributed by atoms with Gasteiger partial charge in [-0.2, -0.15) is 0 Å². The summed E-state index contributed by atoms with van der Waals surface area (Å²) in [6.45, 7) is 2.04. The van der Waals surface area contributed by atoms with E-state index in [1.807, 2.05) is 61.5 Å². The number of ketones is 1. The summed E-state index contributed by atoms with van der Waals surface area (Å²) in [5.74, 6) is 0.857. The zero-order valence-electron chi connectivity index (χ0n) is 11.3. The molecule has 1 atom stereocenters. The zero-order valence-corrected chi connectivity index (χ0v) is 11.3. The first-order valence-electron chi connectivity index (χ1n) is 6.49. The Kier molecular flexibility index (Phi) is 4.35. The van der Waals surface area contributed by atoms with Gasteiger partial charge in [0.1, 0.15) is 5.75 Å². The van der Waals surface area contributed by atoms with Crippen molar-refractivity contribution < 1.29 is 9.53 Å². The maximum atomic E-state index is 12.5. The third-order valence-corrected chi connectivity index (χ3v) is 3.30. The van der Waals surface area contributed by atoms with Crippen molar-refractivity contribution in [2.24, 2.45) is 0 Å². The second-order valence-corrected chi connectivity index (χ2v) is 4.46. The number of carbonyl (C=O) groups excluding carboxylic acids is 1. The van der Waals surface area contributed by atoms with Gasteiger partial charge in [-0.05, 0) is 36.2 Å². The molecule has 0 aromatic heterocycles. The van der Waals surface area contributed by atoms with Crippen molar-refractivity contribution in [2.45, 2.75) is 19.3 Å². The minimum absolute atomic E-state index is 0.0744. The van der Waals surface area contributed by atoms with Gasteiger partial charge in [-0.3, -0.25) is 4.79 Å². The number of carbonyl (C=O) groups is 1. The van der Waals surface area contributed by atoms with Crippen LogP contribution >= 0.6 is 0 Å². The van der Waals surface area contributed by atoms with E-state index in [2.05, 4.69) is 0 Å². The average molecular weight is 254 g/mol. The summed E-state index contributed by atoms with van der Waals surface area (Å²) in [4.78, 5) is 12.5. The smallest absolute Gasteiger partial charge is 0.170 e. The maximum Gasteiger partial charge on any atom is 0.170 e. The Hall–Kier alpha value is -2.09. The molecular formula is C17H18O2. The molecule has 0 heterocycles. The highest BCUT2D eigenvalue weighted by Crippen LogP contribution is 2.25. The van der Waals surface area contributed by atoms with Gasteiger partial charge in [-0.1, -0.05) is 37.3 Å². The number of hydrogen-bond acceptors (Lipinski definition) is 2. The van der Waals surface area contributed by atoms with E-state index in [9.17, 15) is 4.79 Å². The van der Waals surface area contributed by atoms with Gasteiger partial charge in [0.25, 0.3) is 0 Å². The summed E-state index contributed by atoms with van der Waals surface area (Å²) in [7, 11) is 1.62. The van der Waals surface area contributed by atoms with Gasteiger partial charge in [0, 0.05) is 11.5 Å². The van der Waals surface area contributed by atoms with Crippen molar-refractivity contribution in [3.8, 4) is 5.75 Å². The molecule has 2 heteroatoms. The summed E-state index contributed by atoms with van der Waals surface area (Å²) in [6.07, 6.45) is 0.800. The highest BCUT2D eigenvalue weighted by molar-refractivity contribution is 6.01. The number of Topliss-reactive ketones (excluding diaryl/α,β-unsaturated/α-hetero) is 1. The molecular weight excluding hydrogens is 236 g/mol. The van der Waals surface area contributed by atoms with E-state index in [1.165, 1.54) is 0 Å². The summed E-state index contributed by atoms with van der Waals surface area (Å²) >= 11 is 0. The van der Waals surface area contributed by atoms with Gasteiger partial charge in [0.15, 0.2) is 5.78 Å². The van der Waals surface area contributed by atoms with Crippen LogP contribution in [0.3, 0.4) is 0 Å². The molecule has 0 spiro atoms. The zero-order chi connectivity index (χ0) is 13.7. The third kappa shape index (κ3) is 3.02. The van der Waals surface area contributed by atoms with Crippen molar-refractivity contribution in [2.75, 3.05) is 7.11 Å². The van der Waals surface area contributed by atoms with Crippen LogP contribution in [0.4, 0.5) is 0 Å². The van der Waals surface area contributed by atoms with E-state index in [0.717, 1.165) is 23.3 Å². The topological polar surface area (TPSA) is 26.3 Å². The van der Waals surface area contributed by atoms with E-state index in [1.54, 1.807) is 7.11 Å². The van der Waals surface area contributed by atoms with Crippen molar-refractivity contribution >= 4 is 5.78 Å². The van der Waals surface area contributed by atoms with E-state index >= 15 is 0 Å². The molecule has 98 valence electrons. The fourth-order valence-corrected chi connectivity index (χ4v) is 2.21. The molecule has 0 aliphatic rings. The minimum atomic E-state index is -0.0744. The SMILES string of the molecule is CC[C@H](C(=O)c1ccc(OC)cc1)c1ccccc1.